The number of phenols is 1. The molecule has 5 aliphatic rings. The number of carbonyl (C=O) groups is 5. The Kier molecular flexibility index (Phi) is 16.7. The number of aliphatic hydroxyl groups excluding tert-OH is 3. The number of methoxy groups -OCH3 is 1. The van der Waals surface area contributed by atoms with Crippen LogP contribution in [0.5, 0.6) is 11.5 Å². The van der Waals surface area contributed by atoms with E-state index >= 15 is 13.6 Å². The number of nitrogens with one attached hydrogen (secondary N) is 1. The first-order valence-electron chi connectivity index (χ1n) is 25.9. The number of amides is 1. The number of ketones is 3. The fraction of sp³-hybridized carbons (Fsp3) is 0.379. The molecule has 428 valence electrons. The maximum absolute atomic E-state index is 16.1. The van der Waals surface area contributed by atoms with Gasteiger partial charge < -0.3 is 49.6 Å². The van der Waals surface area contributed by atoms with Crippen LogP contribution < -0.4 is 20.4 Å². The summed E-state index contributed by atoms with van der Waals surface area (Å²) in [4.78, 5) is 90.4. The highest BCUT2D eigenvalue weighted by molar-refractivity contribution is 6.37. The van der Waals surface area contributed by atoms with Gasteiger partial charge in [-0.15, -0.1) is 0 Å². The van der Waals surface area contributed by atoms with Gasteiger partial charge in [0.1, 0.15) is 40.7 Å². The van der Waals surface area contributed by atoms with E-state index in [-0.39, 0.29) is 71.2 Å². The number of rotatable bonds is 7. The van der Waals surface area contributed by atoms with E-state index < -0.39 is 145 Å². The predicted octanol–water partition coefficient (Wildman–Crippen LogP) is 6.45. The quantitative estimate of drug-likeness (QED) is 0.0755. The van der Waals surface area contributed by atoms with Crippen LogP contribution in [0.2, 0.25) is 0 Å². The number of halogens is 3. The molecule has 0 unspecified atom stereocenters. The second kappa shape index (κ2) is 23.0. The predicted molar refractivity (Wildman–Crippen MR) is 289 cm³/mol. The number of hydrazone groups is 1. The highest BCUT2D eigenvalue weighted by atomic mass is 19.1. The van der Waals surface area contributed by atoms with Crippen LogP contribution in [0, 0.1) is 48.0 Å². The molecule has 2 aromatic heterocycles. The number of aromatic nitrogens is 2. The molecule has 0 spiro atoms. The number of aliphatic hydroxyl groups is 3. The van der Waals surface area contributed by atoms with Gasteiger partial charge in [0.15, 0.2) is 23.1 Å². The molecule has 0 radical (unpaired) electrons. The highest BCUT2D eigenvalue weighted by Crippen LogP contribution is 2.49. The number of ether oxygens (including phenoxy) is 4. The Morgan fingerprint density at radius 1 is 0.926 bits per heavy atom. The zero-order chi connectivity index (χ0) is 59.3. The van der Waals surface area contributed by atoms with Crippen molar-refractivity contribution in [1.29, 1.82) is 0 Å². The van der Waals surface area contributed by atoms with Crippen LogP contribution in [0.15, 0.2) is 94.3 Å². The molecule has 1 aliphatic carbocycles. The molecule has 6 heterocycles. The van der Waals surface area contributed by atoms with Crippen molar-refractivity contribution < 1.29 is 76.5 Å². The number of phenolic OH excluding ortho intramolecular Hbond substituents is 1. The number of aromatic hydroxyl groups is 1. The van der Waals surface area contributed by atoms with Gasteiger partial charge in [-0.3, -0.25) is 38.3 Å². The fourth-order valence-electron chi connectivity index (χ4n) is 10.5. The van der Waals surface area contributed by atoms with E-state index in [1.54, 1.807) is 33.8 Å². The van der Waals surface area contributed by atoms with Gasteiger partial charge in [0, 0.05) is 81.1 Å². The van der Waals surface area contributed by atoms with Crippen LogP contribution in [0.4, 0.5) is 19.0 Å². The maximum atomic E-state index is 16.1. The summed E-state index contributed by atoms with van der Waals surface area (Å²) < 4.78 is 70.0. The third kappa shape index (κ3) is 11.0. The van der Waals surface area contributed by atoms with Crippen molar-refractivity contribution in [3.05, 3.63) is 140 Å². The van der Waals surface area contributed by atoms with Gasteiger partial charge in [0.05, 0.1) is 82.8 Å². The highest BCUT2D eigenvalue weighted by Gasteiger charge is 2.53. The van der Waals surface area contributed by atoms with Crippen molar-refractivity contribution in [1.82, 2.24) is 19.9 Å². The van der Waals surface area contributed by atoms with Crippen LogP contribution in [-0.2, 0) is 23.8 Å². The number of esters is 1. The zero-order valence-electron chi connectivity index (χ0n) is 45.7. The van der Waals surface area contributed by atoms with Crippen molar-refractivity contribution >= 4 is 58.1 Å². The average Bonchev–Trinajstić information content (AvgIpc) is 3.90. The number of piperazine rings is 1. The molecule has 9 rings (SSSR count). The van der Waals surface area contributed by atoms with E-state index in [9.17, 15) is 48.8 Å². The number of nitrogens with zero attached hydrogens (tertiary/aromatic N) is 5. The van der Waals surface area contributed by atoms with Crippen LogP contribution in [0.1, 0.15) is 90.7 Å². The summed E-state index contributed by atoms with van der Waals surface area (Å²) in [5, 5.41) is 53.1. The van der Waals surface area contributed by atoms with Crippen molar-refractivity contribution in [3.63, 3.8) is 0 Å². The summed E-state index contributed by atoms with van der Waals surface area (Å²) in [5.41, 5.74) is -4.57. The van der Waals surface area contributed by atoms with Gasteiger partial charge >= 0.3 is 11.8 Å². The molecule has 23 heteroatoms. The number of anilines is 1. The number of hydrogen-bond acceptors (Lipinski definition) is 18. The number of Topliss-reactive ketones (excluding diaryl/α,β-unsaturated/α-hetero) is 3. The van der Waals surface area contributed by atoms with Crippen molar-refractivity contribution in [2.45, 2.75) is 85.6 Å². The largest absolute Gasteiger partial charge is 0.508 e. The lowest BCUT2D eigenvalue weighted by atomic mass is 9.78. The van der Waals surface area contributed by atoms with Gasteiger partial charge in [-0.25, -0.2) is 18.2 Å². The first kappa shape index (κ1) is 58.7. The van der Waals surface area contributed by atoms with Crippen LogP contribution in [0.3, 0.4) is 0 Å². The minimum Gasteiger partial charge on any atom is -0.508 e. The summed E-state index contributed by atoms with van der Waals surface area (Å²) in [6, 6.07) is 3.53. The molecule has 0 saturated carbocycles. The van der Waals surface area contributed by atoms with Crippen LogP contribution in [0.25, 0.3) is 22.5 Å². The van der Waals surface area contributed by atoms with Gasteiger partial charge in [0.25, 0.3) is 11.7 Å². The van der Waals surface area contributed by atoms with E-state index in [2.05, 4.69) is 22.0 Å². The van der Waals surface area contributed by atoms with E-state index in [1.807, 2.05) is 0 Å². The molecular formula is C58H61F3N6O14. The monoisotopic (exact) mass is 1120 g/mol. The van der Waals surface area contributed by atoms with Crippen LogP contribution >= 0.6 is 0 Å². The first-order chi connectivity index (χ1) is 38.2. The number of benzene rings is 2. The molecular weight excluding hydrogens is 1060 g/mol. The molecule has 4 aromatic rings. The van der Waals surface area contributed by atoms with Crippen LogP contribution in [-0.4, -0.2) is 134 Å². The fourth-order valence-corrected chi connectivity index (χ4v) is 10.5. The minimum atomic E-state index is -2.22. The second-order valence-electron chi connectivity index (χ2n) is 20.7. The van der Waals surface area contributed by atoms with E-state index in [1.165, 1.54) is 62.9 Å². The number of pyridine rings is 2. The lowest BCUT2D eigenvalue weighted by molar-refractivity contribution is -0.160. The maximum Gasteiger partial charge on any atom is 0.312 e. The normalized spacial score (nSPS) is 27.2. The summed E-state index contributed by atoms with van der Waals surface area (Å²) >= 11 is 0. The molecule has 1 amide bonds. The molecule has 1 saturated heterocycles. The standard InChI is InChI=1S/C58H61F3N6O14/c1-26-12-11-13-27(2)57(77)63-45-36(24-62-66-19-17-65(18-20-66)56-39(61)23-35-49(73)37(32(7)68)25-67(55(35)64-56)40-15-14-34(59)22-38(40)60)50(74)42-43(51(45)75)48(72)31(6)53-44(42)54(76)58(9,81-53)79-21-16-41(78-10)28(3)52(80-33(8)69)30(5)47(71)29(4)46(26)70/h11-16,21-26,28-30,41,46-47,52,68,70-72H,7,17-20H2,1-6,8-10H3,(H,63,77)/b12-11+,21-16+,27-13-,62-24+/t26-,28+,29+,30+,41-,46-,47+,52+,58-/m0/s1. The first-order valence-corrected chi connectivity index (χ1v) is 25.9. The molecule has 9 atom stereocenters. The summed E-state index contributed by atoms with van der Waals surface area (Å²) in [5.74, 6) is -14.5. The SMILES string of the molecule is C=C(O)c1cn(-c2ccc(F)cc2F)c2nc(N3CCN(/N=C/C4=C5NC(=O)/C(C)=C\C=C\[C@H](C)[C@H](O)[C@@H](C)[C@@H](O)[C@@H](C)[C@H](OC(C)=O)[C@H](C)[C@@H](OC)/C=C/O[C@@]6(C)Oc7c(C)c(O)c(c(c7C6=O)C4=O)C5=O)CC3)c(F)cc2c1=O. The zero-order valence-corrected chi connectivity index (χ0v) is 45.7. The Morgan fingerprint density at radius 3 is 2.26 bits per heavy atom. The van der Waals surface area contributed by atoms with Gasteiger partial charge in [-0.05, 0) is 38.1 Å². The van der Waals surface area contributed by atoms with E-state index in [0.717, 1.165) is 41.4 Å². The Bertz CT molecular complexity index is 3530. The lowest BCUT2D eigenvalue weighted by Gasteiger charge is -2.38. The van der Waals surface area contributed by atoms with Crippen molar-refractivity contribution in [3.8, 4) is 17.2 Å². The topological polar surface area (TPSA) is 269 Å². The molecule has 1 fully saturated rings. The Labute approximate surface area is 462 Å². The number of fused-ring (bicyclic) bond motifs is 15. The summed E-state index contributed by atoms with van der Waals surface area (Å²) in [6.07, 6.45) is 4.80. The minimum absolute atomic E-state index is 0.00210. The Balaban J connectivity index is 1.16. The molecule has 4 aliphatic heterocycles. The third-order valence-corrected chi connectivity index (χ3v) is 15.3. The van der Waals surface area contributed by atoms with Crippen molar-refractivity contribution in [2.24, 2.45) is 28.8 Å². The number of allylic oxidation sites excluding steroid dienone is 4. The molecule has 2 aromatic carbocycles. The van der Waals surface area contributed by atoms with Gasteiger partial charge in [-0.1, -0.05) is 52.5 Å². The number of carbonyl (C=O) groups excluding carboxylic acids is 5. The molecule has 5 N–H and O–H groups in total. The number of hydrogen-bond donors (Lipinski definition) is 5. The van der Waals surface area contributed by atoms with Crippen molar-refractivity contribution in [2.75, 3.05) is 38.2 Å². The third-order valence-electron chi connectivity index (χ3n) is 15.3. The molecule has 81 heavy (non-hydrogen) atoms. The molecule has 20 nitrogen and oxygen atoms in total. The van der Waals surface area contributed by atoms with E-state index in [4.69, 9.17) is 18.9 Å². The average molecular weight is 1120 g/mol. The summed E-state index contributed by atoms with van der Waals surface area (Å²) in [7, 11) is 1.38. The Hall–Kier alpha value is -8.41. The Morgan fingerprint density at radius 2 is 1.62 bits per heavy atom. The van der Waals surface area contributed by atoms with Gasteiger partial charge in [0.2, 0.25) is 11.2 Å². The lowest BCUT2D eigenvalue weighted by Crippen LogP contribution is -2.46. The van der Waals surface area contributed by atoms with E-state index in [0.29, 0.717) is 6.07 Å². The summed E-state index contributed by atoms with van der Waals surface area (Å²) in [6.45, 7) is 15.3. The molecule has 5 bridgehead atoms. The van der Waals surface area contributed by atoms with Gasteiger partial charge in [-0.2, -0.15) is 5.10 Å². The smallest absolute Gasteiger partial charge is 0.312 e. The second-order valence-corrected chi connectivity index (χ2v) is 20.7.